The zero-order chi connectivity index (χ0) is 9.31. The summed E-state index contributed by atoms with van der Waals surface area (Å²) in [5.41, 5.74) is -0.598. The van der Waals surface area contributed by atoms with Crippen molar-refractivity contribution in [3.8, 4) is 0 Å². The molecule has 2 N–H and O–H groups in total. The number of anilines is 1. The van der Waals surface area contributed by atoms with Gasteiger partial charge in [0.25, 0.3) is 0 Å². The Morgan fingerprint density at radius 1 is 1.54 bits per heavy atom. The van der Waals surface area contributed by atoms with E-state index in [-0.39, 0.29) is 6.04 Å². The molecule has 1 aliphatic carbocycles. The van der Waals surface area contributed by atoms with Crippen LogP contribution in [0.2, 0.25) is 0 Å². The van der Waals surface area contributed by atoms with Gasteiger partial charge in [-0.3, -0.25) is 0 Å². The molecule has 1 fully saturated rings. The summed E-state index contributed by atoms with van der Waals surface area (Å²) in [6.07, 6.45) is 5.19. The highest BCUT2D eigenvalue weighted by molar-refractivity contribution is 5.28. The summed E-state index contributed by atoms with van der Waals surface area (Å²) in [4.78, 5) is 8.07. The van der Waals surface area contributed by atoms with Gasteiger partial charge in [0.1, 0.15) is 0 Å². The van der Waals surface area contributed by atoms with Crippen molar-refractivity contribution in [3.05, 3.63) is 18.5 Å². The monoisotopic (exact) mass is 179 g/mol. The molecule has 2 atom stereocenters. The van der Waals surface area contributed by atoms with Crippen molar-refractivity contribution >= 4 is 5.95 Å². The molecule has 0 aliphatic heterocycles. The molecule has 1 saturated carbocycles. The summed E-state index contributed by atoms with van der Waals surface area (Å²) < 4.78 is 0. The van der Waals surface area contributed by atoms with Gasteiger partial charge in [-0.15, -0.1) is 0 Å². The topological polar surface area (TPSA) is 58.0 Å². The molecular weight excluding hydrogens is 166 g/mol. The Morgan fingerprint density at radius 2 is 2.23 bits per heavy atom. The SMILES string of the molecule is C[C@@]1(O)CC[C@H]1Nc1ncccn1. The van der Waals surface area contributed by atoms with Gasteiger partial charge in [0, 0.05) is 12.4 Å². The average molecular weight is 179 g/mol. The van der Waals surface area contributed by atoms with Gasteiger partial charge in [0.15, 0.2) is 0 Å². The van der Waals surface area contributed by atoms with Gasteiger partial charge in [-0.1, -0.05) is 0 Å². The zero-order valence-electron chi connectivity index (χ0n) is 7.57. The third-order valence-electron chi connectivity index (χ3n) is 2.56. The zero-order valence-corrected chi connectivity index (χ0v) is 7.57. The molecule has 0 spiro atoms. The van der Waals surface area contributed by atoms with Crippen molar-refractivity contribution in [1.82, 2.24) is 9.97 Å². The number of nitrogens with zero attached hydrogens (tertiary/aromatic N) is 2. The second-order valence-corrected chi connectivity index (χ2v) is 3.67. The molecule has 4 heteroatoms. The second-order valence-electron chi connectivity index (χ2n) is 3.67. The van der Waals surface area contributed by atoms with E-state index in [2.05, 4.69) is 15.3 Å². The van der Waals surface area contributed by atoms with E-state index in [9.17, 15) is 5.11 Å². The van der Waals surface area contributed by atoms with Crippen LogP contribution in [0.25, 0.3) is 0 Å². The number of hydrogen-bond acceptors (Lipinski definition) is 4. The minimum absolute atomic E-state index is 0.0925. The smallest absolute Gasteiger partial charge is 0.222 e. The minimum Gasteiger partial charge on any atom is -0.388 e. The maximum atomic E-state index is 9.72. The summed E-state index contributed by atoms with van der Waals surface area (Å²) in [5.74, 6) is 0.590. The van der Waals surface area contributed by atoms with Crippen LogP contribution < -0.4 is 5.32 Å². The van der Waals surface area contributed by atoms with Crippen molar-refractivity contribution in [2.75, 3.05) is 5.32 Å². The van der Waals surface area contributed by atoms with E-state index >= 15 is 0 Å². The van der Waals surface area contributed by atoms with Crippen molar-refractivity contribution < 1.29 is 5.11 Å². The van der Waals surface area contributed by atoms with E-state index in [1.807, 2.05) is 6.92 Å². The molecule has 1 aromatic rings. The molecule has 0 radical (unpaired) electrons. The van der Waals surface area contributed by atoms with E-state index < -0.39 is 5.60 Å². The molecule has 13 heavy (non-hydrogen) atoms. The number of aliphatic hydroxyl groups is 1. The average Bonchev–Trinajstić information content (AvgIpc) is 2.15. The highest BCUT2D eigenvalue weighted by Gasteiger charge is 2.41. The summed E-state index contributed by atoms with van der Waals surface area (Å²) in [5, 5.41) is 12.8. The molecule has 0 saturated heterocycles. The fraction of sp³-hybridized carbons (Fsp3) is 0.556. The van der Waals surface area contributed by atoms with E-state index in [1.54, 1.807) is 18.5 Å². The molecule has 2 rings (SSSR count). The lowest BCUT2D eigenvalue weighted by atomic mass is 9.76. The van der Waals surface area contributed by atoms with Crippen molar-refractivity contribution in [2.24, 2.45) is 0 Å². The predicted octanol–water partition coefficient (Wildman–Crippen LogP) is 0.802. The number of hydrogen-bond donors (Lipinski definition) is 2. The highest BCUT2D eigenvalue weighted by Crippen LogP contribution is 2.33. The molecule has 70 valence electrons. The van der Waals surface area contributed by atoms with Gasteiger partial charge >= 0.3 is 0 Å². The maximum absolute atomic E-state index is 9.72. The van der Waals surface area contributed by atoms with Crippen LogP contribution in [-0.2, 0) is 0 Å². The van der Waals surface area contributed by atoms with Crippen LogP contribution in [0.3, 0.4) is 0 Å². The molecule has 0 bridgehead atoms. The Hall–Kier alpha value is -1.16. The summed E-state index contributed by atoms with van der Waals surface area (Å²) in [6, 6.07) is 1.86. The lowest BCUT2D eigenvalue weighted by Gasteiger charge is -2.42. The summed E-state index contributed by atoms with van der Waals surface area (Å²) >= 11 is 0. The predicted molar refractivity (Wildman–Crippen MR) is 49.3 cm³/mol. The minimum atomic E-state index is -0.598. The van der Waals surface area contributed by atoms with Gasteiger partial charge in [0.2, 0.25) is 5.95 Å². The van der Waals surface area contributed by atoms with Crippen LogP contribution in [0.5, 0.6) is 0 Å². The number of rotatable bonds is 2. The fourth-order valence-corrected chi connectivity index (χ4v) is 1.46. The first-order valence-electron chi connectivity index (χ1n) is 4.44. The molecule has 1 heterocycles. The van der Waals surface area contributed by atoms with Crippen LogP contribution in [0.4, 0.5) is 5.95 Å². The molecule has 0 unspecified atom stereocenters. The van der Waals surface area contributed by atoms with Crippen LogP contribution in [-0.4, -0.2) is 26.7 Å². The van der Waals surface area contributed by atoms with Crippen LogP contribution in [0.15, 0.2) is 18.5 Å². The molecule has 4 nitrogen and oxygen atoms in total. The largest absolute Gasteiger partial charge is 0.388 e. The van der Waals surface area contributed by atoms with Crippen molar-refractivity contribution in [2.45, 2.75) is 31.4 Å². The molecular formula is C9H13N3O. The Morgan fingerprint density at radius 3 is 2.69 bits per heavy atom. The summed E-state index contributed by atoms with van der Waals surface area (Å²) in [7, 11) is 0. The van der Waals surface area contributed by atoms with Crippen LogP contribution in [0.1, 0.15) is 19.8 Å². The van der Waals surface area contributed by atoms with E-state index in [0.29, 0.717) is 5.95 Å². The van der Waals surface area contributed by atoms with Crippen molar-refractivity contribution in [1.29, 1.82) is 0 Å². The number of nitrogens with one attached hydrogen (secondary N) is 1. The molecule has 0 amide bonds. The van der Waals surface area contributed by atoms with Gasteiger partial charge in [-0.05, 0) is 25.8 Å². The lowest BCUT2D eigenvalue weighted by Crippen LogP contribution is -2.53. The molecule has 0 aromatic carbocycles. The van der Waals surface area contributed by atoms with Gasteiger partial charge in [0.05, 0.1) is 11.6 Å². The van der Waals surface area contributed by atoms with Gasteiger partial charge in [-0.25, -0.2) is 9.97 Å². The number of aromatic nitrogens is 2. The van der Waals surface area contributed by atoms with E-state index in [1.165, 1.54) is 0 Å². The lowest BCUT2D eigenvalue weighted by molar-refractivity contribution is -0.0288. The summed E-state index contributed by atoms with van der Waals surface area (Å²) in [6.45, 7) is 1.83. The Balaban J connectivity index is 2.00. The van der Waals surface area contributed by atoms with Crippen LogP contribution in [0, 0.1) is 0 Å². The molecule has 1 aromatic heterocycles. The highest BCUT2D eigenvalue weighted by atomic mass is 16.3. The van der Waals surface area contributed by atoms with Crippen molar-refractivity contribution in [3.63, 3.8) is 0 Å². The van der Waals surface area contributed by atoms with Gasteiger partial charge in [-0.2, -0.15) is 0 Å². The van der Waals surface area contributed by atoms with Crippen LogP contribution >= 0.6 is 0 Å². The Bertz CT molecular complexity index is 286. The van der Waals surface area contributed by atoms with E-state index in [4.69, 9.17) is 0 Å². The second kappa shape index (κ2) is 2.96. The van der Waals surface area contributed by atoms with Gasteiger partial charge < -0.3 is 10.4 Å². The van der Waals surface area contributed by atoms with E-state index in [0.717, 1.165) is 12.8 Å². The normalized spacial score (nSPS) is 32.3. The first-order chi connectivity index (χ1) is 6.18. The Labute approximate surface area is 77.0 Å². The third kappa shape index (κ3) is 1.62. The maximum Gasteiger partial charge on any atom is 0.222 e. The fourth-order valence-electron chi connectivity index (χ4n) is 1.46. The first-order valence-corrected chi connectivity index (χ1v) is 4.44. The molecule has 1 aliphatic rings. The Kier molecular flexibility index (Phi) is 1.92. The quantitative estimate of drug-likeness (QED) is 0.705. The third-order valence-corrected chi connectivity index (χ3v) is 2.56. The standard InChI is InChI=1S/C9H13N3O/c1-9(13)4-3-7(9)12-8-10-5-2-6-11-8/h2,5-7,13H,3-4H2,1H3,(H,10,11,12)/t7-,9-/m1/s1. The first kappa shape index (κ1) is 8.44.